The second-order valence-electron chi connectivity index (χ2n) is 7.32. The van der Waals surface area contributed by atoms with Crippen LogP contribution in [0.5, 0.6) is 0 Å². The zero-order valence-corrected chi connectivity index (χ0v) is 19.6. The van der Waals surface area contributed by atoms with Gasteiger partial charge in [0.1, 0.15) is 18.7 Å². The molecule has 0 fully saturated rings. The average molecular weight is 482 g/mol. The number of aliphatic hydroxyl groups is 1. The van der Waals surface area contributed by atoms with Gasteiger partial charge in [0.2, 0.25) is 5.91 Å². The van der Waals surface area contributed by atoms with Gasteiger partial charge in [-0.05, 0) is 12.5 Å². The van der Waals surface area contributed by atoms with E-state index in [-0.39, 0.29) is 6.61 Å². The molecule has 0 aliphatic heterocycles. The molecule has 1 rings (SSSR count). The van der Waals surface area contributed by atoms with Crippen molar-refractivity contribution in [2.45, 2.75) is 38.6 Å². The third-order valence-electron chi connectivity index (χ3n) is 4.97. The fourth-order valence-corrected chi connectivity index (χ4v) is 3.04. The quantitative estimate of drug-likeness (QED) is 0.220. The largest absolute Gasteiger partial charge is 0.468 e. The summed E-state index contributed by atoms with van der Waals surface area (Å²) >= 11 is 0. The van der Waals surface area contributed by atoms with Crippen molar-refractivity contribution >= 4 is 29.9 Å². The Morgan fingerprint density at radius 1 is 0.824 bits per heavy atom. The van der Waals surface area contributed by atoms with Gasteiger partial charge in [-0.1, -0.05) is 37.3 Å². The van der Waals surface area contributed by atoms with Gasteiger partial charge in [-0.3, -0.25) is 14.4 Å². The summed E-state index contributed by atoms with van der Waals surface area (Å²) in [6, 6.07) is 5.71. The number of ether oxygens (including phenoxy) is 4. The zero-order valence-electron chi connectivity index (χ0n) is 19.6. The van der Waals surface area contributed by atoms with Crippen LogP contribution in [0.3, 0.4) is 0 Å². The number of nitrogens with one attached hydrogen (secondary N) is 2. The van der Waals surface area contributed by atoms with Gasteiger partial charge in [-0.15, -0.1) is 0 Å². The van der Waals surface area contributed by atoms with Crippen LogP contribution in [-0.2, 0) is 44.7 Å². The first-order valence-corrected chi connectivity index (χ1v) is 10.3. The highest BCUT2D eigenvalue weighted by molar-refractivity contribution is 5.97. The number of benzene rings is 1. The molecule has 0 heterocycles. The Balaban J connectivity index is 3.00. The van der Waals surface area contributed by atoms with E-state index in [1.165, 1.54) is 13.8 Å². The predicted molar refractivity (Wildman–Crippen MR) is 116 cm³/mol. The number of methoxy groups -OCH3 is 3. The Morgan fingerprint density at radius 2 is 1.35 bits per heavy atom. The van der Waals surface area contributed by atoms with E-state index in [0.717, 1.165) is 21.3 Å². The minimum Gasteiger partial charge on any atom is -0.468 e. The number of hydrogen-bond donors (Lipinski definition) is 3. The number of rotatable bonds is 11. The standard InChI is InChI=1S/C22H30N2O10/c1-12(15(19(27)31-3)20(28)32-4)16(21(29)33-5)23-18(26)17(13(2)25)24-22(30)34-11-14-9-7-6-8-10-14/h6-10,12-13,15-17,25H,11H2,1-5H3,(H,23,26)(H,24,30)/t12-,13+,16-,17-/m0/s1. The van der Waals surface area contributed by atoms with Gasteiger partial charge in [0.25, 0.3) is 0 Å². The first-order chi connectivity index (χ1) is 16.1. The summed E-state index contributed by atoms with van der Waals surface area (Å²) in [6.45, 7) is 2.49. The molecule has 0 aliphatic carbocycles. The molecule has 0 saturated carbocycles. The van der Waals surface area contributed by atoms with Crippen LogP contribution in [-0.4, -0.2) is 74.5 Å². The van der Waals surface area contributed by atoms with Gasteiger partial charge in [-0.25, -0.2) is 9.59 Å². The highest BCUT2D eigenvalue weighted by Crippen LogP contribution is 2.20. The van der Waals surface area contributed by atoms with E-state index in [1.54, 1.807) is 30.3 Å². The molecule has 12 nitrogen and oxygen atoms in total. The predicted octanol–water partition coefficient (Wildman–Crippen LogP) is -0.0817. The van der Waals surface area contributed by atoms with Crippen LogP contribution in [0.25, 0.3) is 0 Å². The van der Waals surface area contributed by atoms with E-state index in [2.05, 4.69) is 24.8 Å². The number of alkyl carbamates (subject to hydrolysis) is 1. The van der Waals surface area contributed by atoms with Gasteiger partial charge >= 0.3 is 24.0 Å². The van der Waals surface area contributed by atoms with E-state index in [1.807, 2.05) is 0 Å². The topological polar surface area (TPSA) is 167 Å². The Labute approximate surface area is 196 Å². The molecule has 1 aromatic rings. The molecule has 0 spiro atoms. The van der Waals surface area contributed by atoms with Crippen LogP contribution in [0.1, 0.15) is 19.4 Å². The van der Waals surface area contributed by atoms with Crippen LogP contribution in [0.15, 0.2) is 30.3 Å². The minimum atomic E-state index is -1.56. The lowest BCUT2D eigenvalue weighted by atomic mass is 9.87. The molecular formula is C22H30N2O10. The molecule has 12 heteroatoms. The molecule has 188 valence electrons. The van der Waals surface area contributed by atoms with Crippen molar-refractivity contribution < 1.29 is 48.0 Å². The summed E-state index contributed by atoms with van der Waals surface area (Å²) in [5, 5.41) is 14.6. The van der Waals surface area contributed by atoms with Crippen LogP contribution < -0.4 is 10.6 Å². The van der Waals surface area contributed by atoms with Crippen molar-refractivity contribution in [3.05, 3.63) is 35.9 Å². The highest BCUT2D eigenvalue weighted by Gasteiger charge is 2.43. The van der Waals surface area contributed by atoms with E-state index in [0.29, 0.717) is 5.56 Å². The molecule has 4 atom stereocenters. The fourth-order valence-electron chi connectivity index (χ4n) is 3.04. The molecule has 3 N–H and O–H groups in total. The molecule has 2 amide bonds. The van der Waals surface area contributed by atoms with Gasteiger partial charge in [0.05, 0.1) is 27.4 Å². The number of esters is 3. The minimum absolute atomic E-state index is 0.0808. The smallest absolute Gasteiger partial charge is 0.408 e. The van der Waals surface area contributed by atoms with E-state index in [4.69, 9.17) is 4.74 Å². The second kappa shape index (κ2) is 13.8. The summed E-state index contributed by atoms with van der Waals surface area (Å²) in [7, 11) is 3.14. The maximum Gasteiger partial charge on any atom is 0.408 e. The summed E-state index contributed by atoms with van der Waals surface area (Å²) in [4.78, 5) is 61.7. The number of carbonyl (C=O) groups is 5. The molecule has 0 saturated heterocycles. The Hall–Kier alpha value is -3.67. The van der Waals surface area contributed by atoms with Gasteiger partial charge in [0, 0.05) is 5.92 Å². The van der Waals surface area contributed by atoms with Crippen molar-refractivity contribution in [1.82, 2.24) is 10.6 Å². The zero-order chi connectivity index (χ0) is 25.8. The first kappa shape index (κ1) is 28.4. The van der Waals surface area contributed by atoms with Crippen molar-refractivity contribution in [1.29, 1.82) is 0 Å². The summed E-state index contributed by atoms with van der Waals surface area (Å²) < 4.78 is 19.0. The van der Waals surface area contributed by atoms with Crippen molar-refractivity contribution in [2.75, 3.05) is 21.3 Å². The fraction of sp³-hybridized carbons (Fsp3) is 0.500. The first-order valence-electron chi connectivity index (χ1n) is 10.3. The molecule has 1 aromatic carbocycles. The molecule has 0 bridgehead atoms. The molecule has 0 radical (unpaired) electrons. The lowest BCUT2D eigenvalue weighted by molar-refractivity contribution is -0.163. The SMILES string of the molecule is COC(=O)C(C(=O)OC)[C@H](C)[C@H](NC(=O)[C@@H](NC(=O)OCc1ccccc1)[C@@H](C)O)C(=O)OC. The molecule has 0 aliphatic rings. The number of aliphatic hydroxyl groups excluding tert-OH is 1. The van der Waals surface area contributed by atoms with Crippen molar-refractivity contribution in [3.63, 3.8) is 0 Å². The van der Waals surface area contributed by atoms with Crippen molar-refractivity contribution in [2.24, 2.45) is 11.8 Å². The van der Waals surface area contributed by atoms with Gasteiger partial charge < -0.3 is 34.7 Å². The number of amides is 2. The van der Waals surface area contributed by atoms with E-state index in [9.17, 15) is 29.1 Å². The normalized spacial score (nSPS) is 14.1. The molecule has 0 unspecified atom stereocenters. The summed E-state index contributed by atoms with van der Waals surface area (Å²) in [5.74, 6) is -6.67. The second-order valence-corrected chi connectivity index (χ2v) is 7.32. The number of hydrogen-bond acceptors (Lipinski definition) is 10. The molecular weight excluding hydrogens is 452 g/mol. The van der Waals surface area contributed by atoms with Crippen LogP contribution in [0.2, 0.25) is 0 Å². The summed E-state index contributed by atoms with van der Waals surface area (Å²) in [5.41, 5.74) is 0.701. The van der Waals surface area contributed by atoms with Crippen LogP contribution in [0.4, 0.5) is 4.79 Å². The Bertz CT molecular complexity index is 843. The van der Waals surface area contributed by atoms with Gasteiger partial charge in [0.15, 0.2) is 5.92 Å². The highest BCUT2D eigenvalue weighted by atomic mass is 16.6. The summed E-state index contributed by atoms with van der Waals surface area (Å²) in [6.07, 6.45) is -2.38. The lowest BCUT2D eigenvalue weighted by Crippen LogP contribution is -2.58. The third kappa shape index (κ3) is 8.03. The van der Waals surface area contributed by atoms with E-state index < -0.39 is 59.9 Å². The van der Waals surface area contributed by atoms with Crippen LogP contribution in [0, 0.1) is 11.8 Å². The van der Waals surface area contributed by atoms with Crippen molar-refractivity contribution in [3.8, 4) is 0 Å². The molecule has 0 aromatic heterocycles. The molecule has 34 heavy (non-hydrogen) atoms. The monoisotopic (exact) mass is 482 g/mol. The maximum absolute atomic E-state index is 12.8. The lowest BCUT2D eigenvalue weighted by Gasteiger charge is -2.29. The average Bonchev–Trinajstić information content (AvgIpc) is 2.83. The maximum atomic E-state index is 12.8. The van der Waals surface area contributed by atoms with E-state index >= 15 is 0 Å². The third-order valence-corrected chi connectivity index (χ3v) is 4.97. The van der Waals surface area contributed by atoms with Gasteiger partial charge in [-0.2, -0.15) is 0 Å². The van der Waals surface area contributed by atoms with Crippen LogP contribution >= 0.6 is 0 Å². The Kier molecular flexibility index (Phi) is 11.5. The Morgan fingerprint density at radius 3 is 1.82 bits per heavy atom. The number of carbonyl (C=O) groups excluding carboxylic acids is 5.